The fourth-order valence-electron chi connectivity index (χ4n) is 4.13. The van der Waals surface area contributed by atoms with E-state index in [1.807, 2.05) is 54.6 Å². The minimum absolute atomic E-state index is 0.00209. The molecule has 5 nitrogen and oxygen atoms in total. The van der Waals surface area contributed by atoms with E-state index in [4.69, 9.17) is 4.74 Å². The van der Waals surface area contributed by atoms with Gasteiger partial charge in [0.15, 0.2) is 0 Å². The number of benzene rings is 2. The number of anilines is 1. The van der Waals surface area contributed by atoms with Crippen LogP contribution < -0.4 is 15.0 Å². The van der Waals surface area contributed by atoms with Gasteiger partial charge in [-0.3, -0.25) is 14.5 Å². The predicted octanol–water partition coefficient (Wildman–Crippen LogP) is 4.28. The van der Waals surface area contributed by atoms with Crippen LogP contribution in [0.4, 0.5) is 5.69 Å². The molecule has 2 aliphatic rings. The maximum atomic E-state index is 12.7. The van der Waals surface area contributed by atoms with E-state index in [0.717, 1.165) is 18.0 Å². The van der Waals surface area contributed by atoms with Crippen molar-refractivity contribution in [3.8, 4) is 11.5 Å². The lowest BCUT2D eigenvalue weighted by Crippen LogP contribution is -2.46. The minimum Gasteiger partial charge on any atom is -0.457 e. The Morgan fingerprint density at radius 3 is 2.36 bits per heavy atom. The minimum atomic E-state index is -0.421. The molecule has 0 bridgehead atoms. The second kappa shape index (κ2) is 8.46. The summed E-state index contributed by atoms with van der Waals surface area (Å²) in [5, 5.41) is 3.07. The molecule has 1 aliphatic carbocycles. The monoisotopic (exact) mass is 378 g/mol. The molecule has 2 fully saturated rings. The molecule has 4 rings (SSSR count). The molecule has 28 heavy (non-hydrogen) atoms. The molecule has 2 aromatic carbocycles. The van der Waals surface area contributed by atoms with E-state index in [2.05, 4.69) is 5.32 Å². The molecule has 0 spiro atoms. The zero-order valence-corrected chi connectivity index (χ0v) is 16.0. The molecule has 1 saturated carbocycles. The highest BCUT2D eigenvalue weighted by molar-refractivity contribution is 6.03. The molecule has 1 heterocycles. The number of nitrogens with zero attached hydrogens (tertiary/aromatic N) is 1. The van der Waals surface area contributed by atoms with Gasteiger partial charge < -0.3 is 10.1 Å². The Morgan fingerprint density at radius 2 is 1.64 bits per heavy atom. The van der Waals surface area contributed by atoms with Crippen LogP contribution in [-0.4, -0.2) is 24.4 Å². The van der Waals surface area contributed by atoms with Crippen LogP contribution in [0.25, 0.3) is 0 Å². The Hall–Kier alpha value is -2.82. The van der Waals surface area contributed by atoms with Gasteiger partial charge in [-0.25, -0.2) is 0 Å². The summed E-state index contributed by atoms with van der Waals surface area (Å²) >= 11 is 0. The summed E-state index contributed by atoms with van der Waals surface area (Å²) in [6.07, 6.45) is 5.87. The van der Waals surface area contributed by atoms with Crippen LogP contribution in [0.1, 0.15) is 38.5 Å². The van der Waals surface area contributed by atoms with E-state index in [-0.39, 0.29) is 11.8 Å². The summed E-state index contributed by atoms with van der Waals surface area (Å²) in [4.78, 5) is 26.8. The van der Waals surface area contributed by atoms with Gasteiger partial charge in [-0.05, 0) is 61.6 Å². The average molecular weight is 378 g/mol. The quantitative estimate of drug-likeness (QED) is 0.816. The number of carbonyl (C=O) groups is 2. The van der Waals surface area contributed by atoms with Crippen molar-refractivity contribution in [3.05, 3.63) is 54.6 Å². The molecule has 146 valence electrons. The molecule has 1 aliphatic heterocycles. The number of amides is 2. The van der Waals surface area contributed by atoms with Crippen LogP contribution in [0.5, 0.6) is 11.5 Å². The molecule has 1 saturated heterocycles. The van der Waals surface area contributed by atoms with Crippen LogP contribution in [0, 0.1) is 5.92 Å². The molecular formula is C23H26N2O3. The second-order valence-electron chi connectivity index (χ2n) is 7.62. The fraction of sp³-hybridized carbons (Fsp3) is 0.391. The Morgan fingerprint density at radius 1 is 0.964 bits per heavy atom. The van der Waals surface area contributed by atoms with E-state index in [0.29, 0.717) is 24.5 Å². The van der Waals surface area contributed by atoms with Crippen LogP contribution in [0.2, 0.25) is 0 Å². The van der Waals surface area contributed by atoms with Gasteiger partial charge in [-0.15, -0.1) is 0 Å². The molecule has 5 heteroatoms. The Balaban J connectivity index is 1.42. The zero-order chi connectivity index (χ0) is 19.3. The highest BCUT2D eigenvalue weighted by atomic mass is 16.5. The number of carbonyl (C=O) groups excluding carboxylic acids is 2. The Kier molecular flexibility index (Phi) is 5.60. The molecule has 1 unspecified atom stereocenters. The summed E-state index contributed by atoms with van der Waals surface area (Å²) in [5.41, 5.74) is 0.740. The molecular weight excluding hydrogens is 352 g/mol. The van der Waals surface area contributed by atoms with Gasteiger partial charge in [0.2, 0.25) is 11.8 Å². The maximum absolute atomic E-state index is 12.7. The summed E-state index contributed by atoms with van der Waals surface area (Å²) in [7, 11) is 0. The normalized spacial score (nSPS) is 19.8. The molecule has 1 atom stereocenters. The van der Waals surface area contributed by atoms with E-state index in [1.165, 1.54) is 25.7 Å². The van der Waals surface area contributed by atoms with Gasteiger partial charge >= 0.3 is 0 Å². The van der Waals surface area contributed by atoms with Gasteiger partial charge in [0.05, 0.1) is 0 Å². The van der Waals surface area contributed by atoms with Crippen LogP contribution in [0.3, 0.4) is 0 Å². The number of rotatable bonds is 6. The van der Waals surface area contributed by atoms with Crippen molar-refractivity contribution in [2.45, 2.75) is 44.6 Å². The third-order valence-electron chi connectivity index (χ3n) is 5.65. The average Bonchev–Trinajstić information content (AvgIpc) is 3.37. The summed E-state index contributed by atoms with van der Waals surface area (Å²) < 4.78 is 5.81. The predicted molar refractivity (Wildman–Crippen MR) is 108 cm³/mol. The standard InChI is InChI=1S/C23H26N2O3/c26-22-15-14-21(23(27)24-16-17-6-4-5-7-17)25(22)18-10-12-20(13-11-18)28-19-8-2-1-3-9-19/h1-3,8-13,17,21H,4-7,14-16H2,(H,24,27). The number of nitrogens with one attached hydrogen (secondary N) is 1. The van der Waals surface area contributed by atoms with E-state index < -0.39 is 6.04 Å². The first kappa shape index (κ1) is 18.5. The summed E-state index contributed by atoms with van der Waals surface area (Å²) in [6, 6.07) is 16.5. The van der Waals surface area contributed by atoms with Crippen molar-refractivity contribution < 1.29 is 14.3 Å². The van der Waals surface area contributed by atoms with Gasteiger partial charge in [-0.1, -0.05) is 31.0 Å². The topological polar surface area (TPSA) is 58.6 Å². The maximum Gasteiger partial charge on any atom is 0.243 e. The molecule has 1 N–H and O–H groups in total. The lowest BCUT2D eigenvalue weighted by atomic mass is 10.1. The molecule has 2 aromatic rings. The number of hydrogen-bond donors (Lipinski definition) is 1. The first-order chi connectivity index (χ1) is 13.7. The molecule has 0 aromatic heterocycles. The fourth-order valence-corrected chi connectivity index (χ4v) is 4.13. The number of para-hydroxylation sites is 1. The second-order valence-corrected chi connectivity index (χ2v) is 7.62. The van der Waals surface area contributed by atoms with Crippen LogP contribution >= 0.6 is 0 Å². The van der Waals surface area contributed by atoms with Gasteiger partial charge in [0, 0.05) is 18.7 Å². The van der Waals surface area contributed by atoms with E-state index >= 15 is 0 Å². The third-order valence-corrected chi connectivity index (χ3v) is 5.65. The van der Waals surface area contributed by atoms with Gasteiger partial charge in [0.1, 0.15) is 17.5 Å². The number of ether oxygens (including phenoxy) is 1. The molecule has 0 radical (unpaired) electrons. The van der Waals surface area contributed by atoms with Crippen molar-refractivity contribution in [2.75, 3.05) is 11.4 Å². The van der Waals surface area contributed by atoms with Crippen LogP contribution in [0.15, 0.2) is 54.6 Å². The van der Waals surface area contributed by atoms with E-state index in [1.54, 1.807) is 4.90 Å². The largest absolute Gasteiger partial charge is 0.457 e. The Bertz CT molecular complexity index is 814. The lowest BCUT2D eigenvalue weighted by molar-refractivity contribution is -0.124. The lowest BCUT2D eigenvalue weighted by Gasteiger charge is -2.25. The summed E-state index contributed by atoms with van der Waals surface area (Å²) in [6.45, 7) is 0.723. The zero-order valence-electron chi connectivity index (χ0n) is 16.0. The van der Waals surface area contributed by atoms with Gasteiger partial charge in [-0.2, -0.15) is 0 Å². The number of hydrogen-bond acceptors (Lipinski definition) is 3. The Labute approximate surface area is 165 Å². The first-order valence-electron chi connectivity index (χ1n) is 10.1. The van der Waals surface area contributed by atoms with Gasteiger partial charge in [0.25, 0.3) is 0 Å². The summed E-state index contributed by atoms with van der Waals surface area (Å²) in [5.74, 6) is 2.00. The van der Waals surface area contributed by atoms with Crippen molar-refractivity contribution in [1.29, 1.82) is 0 Å². The molecule has 2 amide bonds. The van der Waals surface area contributed by atoms with Crippen molar-refractivity contribution in [2.24, 2.45) is 5.92 Å². The highest BCUT2D eigenvalue weighted by Crippen LogP contribution is 2.30. The smallest absolute Gasteiger partial charge is 0.243 e. The van der Waals surface area contributed by atoms with Crippen LogP contribution in [-0.2, 0) is 9.59 Å². The highest BCUT2D eigenvalue weighted by Gasteiger charge is 2.37. The van der Waals surface area contributed by atoms with Crippen molar-refractivity contribution in [1.82, 2.24) is 5.32 Å². The van der Waals surface area contributed by atoms with E-state index in [9.17, 15) is 9.59 Å². The van der Waals surface area contributed by atoms with Crippen molar-refractivity contribution in [3.63, 3.8) is 0 Å². The third kappa shape index (κ3) is 4.19. The van der Waals surface area contributed by atoms with Crippen molar-refractivity contribution >= 4 is 17.5 Å². The first-order valence-corrected chi connectivity index (χ1v) is 10.1. The SMILES string of the molecule is O=C(NCC1CCCC1)C1CCC(=O)N1c1ccc(Oc2ccccc2)cc1.